The molecule has 2 aromatic carbocycles. The van der Waals surface area contributed by atoms with Crippen molar-refractivity contribution in [3.63, 3.8) is 0 Å². The highest BCUT2D eigenvalue weighted by molar-refractivity contribution is 6.32. The van der Waals surface area contributed by atoms with Crippen LogP contribution in [0.5, 0.6) is 11.5 Å². The van der Waals surface area contributed by atoms with Crippen molar-refractivity contribution in [1.29, 1.82) is 0 Å². The fourth-order valence-electron chi connectivity index (χ4n) is 2.05. The molecule has 4 nitrogen and oxygen atoms in total. The normalized spacial score (nSPS) is 10.9. The molecule has 0 radical (unpaired) electrons. The molecular formula is C17H18ClNO3. The van der Waals surface area contributed by atoms with E-state index in [1.807, 2.05) is 38.1 Å². The average Bonchev–Trinajstić information content (AvgIpc) is 2.49. The van der Waals surface area contributed by atoms with Gasteiger partial charge in [0.2, 0.25) is 0 Å². The summed E-state index contributed by atoms with van der Waals surface area (Å²) in [7, 11) is 0. The smallest absolute Gasteiger partial charge is 0.180 e. The lowest BCUT2D eigenvalue weighted by atomic mass is 10.1. The molecule has 0 fully saturated rings. The molecule has 22 heavy (non-hydrogen) atoms. The Balaban J connectivity index is 2.27. The lowest BCUT2D eigenvalue weighted by Gasteiger charge is -2.15. The number of rotatable bonds is 6. The van der Waals surface area contributed by atoms with E-state index in [0.29, 0.717) is 35.3 Å². The summed E-state index contributed by atoms with van der Waals surface area (Å²) in [4.78, 5) is 0. The van der Waals surface area contributed by atoms with Crippen LogP contribution in [0.3, 0.4) is 0 Å². The molecule has 1 N–H and O–H groups in total. The highest BCUT2D eigenvalue weighted by Crippen LogP contribution is 2.37. The van der Waals surface area contributed by atoms with Gasteiger partial charge in [-0.1, -0.05) is 41.0 Å². The van der Waals surface area contributed by atoms with Crippen molar-refractivity contribution in [2.45, 2.75) is 20.5 Å². The van der Waals surface area contributed by atoms with Gasteiger partial charge in [-0.3, -0.25) is 0 Å². The molecule has 0 amide bonds. The van der Waals surface area contributed by atoms with Crippen molar-refractivity contribution in [3.8, 4) is 11.5 Å². The Morgan fingerprint density at radius 2 is 2.00 bits per heavy atom. The molecule has 0 aliphatic heterocycles. The van der Waals surface area contributed by atoms with Gasteiger partial charge in [-0.05, 0) is 37.1 Å². The van der Waals surface area contributed by atoms with E-state index in [1.165, 1.54) is 6.21 Å². The van der Waals surface area contributed by atoms with Crippen LogP contribution < -0.4 is 9.47 Å². The van der Waals surface area contributed by atoms with Gasteiger partial charge in [-0.15, -0.1) is 0 Å². The van der Waals surface area contributed by atoms with Gasteiger partial charge < -0.3 is 14.7 Å². The zero-order valence-electron chi connectivity index (χ0n) is 12.5. The minimum Gasteiger partial charge on any atom is -0.490 e. The third-order valence-corrected chi connectivity index (χ3v) is 3.45. The Hall–Kier alpha value is -2.20. The van der Waals surface area contributed by atoms with Crippen LogP contribution in [-0.4, -0.2) is 18.0 Å². The van der Waals surface area contributed by atoms with Crippen LogP contribution in [0.15, 0.2) is 41.6 Å². The second-order valence-electron chi connectivity index (χ2n) is 4.72. The molecule has 0 bridgehead atoms. The maximum absolute atomic E-state index is 8.64. The number of aryl methyl sites for hydroxylation is 1. The first-order valence-corrected chi connectivity index (χ1v) is 7.34. The largest absolute Gasteiger partial charge is 0.490 e. The van der Waals surface area contributed by atoms with Crippen LogP contribution in [-0.2, 0) is 6.61 Å². The van der Waals surface area contributed by atoms with Gasteiger partial charge in [0, 0.05) is 5.56 Å². The van der Waals surface area contributed by atoms with Crippen LogP contribution in [0.1, 0.15) is 23.6 Å². The summed E-state index contributed by atoms with van der Waals surface area (Å²) in [5.41, 5.74) is 2.88. The van der Waals surface area contributed by atoms with Gasteiger partial charge in [0.25, 0.3) is 0 Å². The lowest BCUT2D eigenvalue weighted by molar-refractivity contribution is 0.269. The van der Waals surface area contributed by atoms with Gasteiger partial charge in [0.1, 0.15) is 6.61 Å². The molecule has 0 heterocycles. The first kappa shape index (κ1) is 16.2. The number of ether oxygens (including phenoxy) is 2. The quantitative estimate of drug-likeness (QED) is 0.486. The van der Waals surface area contributed by atoms with Gasteiger partial charge >= 0.3 is 0 Å². The topological polar surface area (TPSA) is 51.0 Å². The third kappa shape index (κ3) is 3.92. The number of halogens is 1. The minimum absolute atomic E-state index is 0.403. The summed E-state index contributed by atoms with van der Waals surface area (Å²) >= 11 is 6.26. The van der Waals surface area contributed by atoms with E-state index < -0.39 is 0 Å². The number of hydrogen-bond donors (Lipinski definition) is 1. The molecule has 0 spiro atoms. The van der Waals surface area contributed by atoms with Crippen LogP contribution in [0.25, 0.3) is 0 Å². The van der Waals surface area contributed by atoms with Crippen molar-refractivity contribution >= 4 is 17.8 Å². The Morgan fingerprint density at radius 3 is 2.68 bits per heavy atom. The van der Waals surface area contributed by atoms with Crippen molar-refractivity contribution in [1.82, 2.24) is 0 Å². The number of benzene rings is 2. The Bertz CT molecular complexity index is 671. The summed E-state index contributed by atoms with van der Waals surface area (Å²) in [6.07, 6.45) is 1.29. The highest BCUT2D eigenvalue weighted by Gasteiger charge is 2.13. The van der Waals surface area contributed by atoms with Crippen molar-refractivity contribution in [2.24, 2.45) is 5.16 Å². The summed E-state index contributed by atoms with van der Waals surface area (Å²) < 4.78 is 11.4. The predicted molar refractivity (Wildman–Crippen MR) is 87.5 cm³/mol. The summed E-state index contributed by atoms with van der Waals surface area (Å²) in [5.74, 6) is 1.01. The third-order valence-electron chi connectivity index (χ3n) is 3.17. The Labute approximate surface area is 134 Å². The van der Waals surface area contributed by atoms with Gasteiger partial charge in [-0.2, -0.15) is 0 Å². The maximum Gasteiger partial charge on any atom is 0.180 e. The van der Waals surface area contributed by atoms with Crippen LogP contribution in [0.4, 0.5) is 0 Å². The van der Waals surface area contributed by atoms with Crippen LogP contribution in [0, 0.1) is 6.92 Å². The zero-order valence-corrected chi connectivity index (χ0v) is 13.3. The van der Waals surface area contributed by atoms with E-state index in [2.05, 4.69) is 5.16 Å². The molecule has 0 aliphatic carbocycles. The van der Waals surface area contributed by atoms with Crippen LogP contribution in [0.2, 0.25) is 5.02 Å². The van der Waals surface area contributed by atoms with Gasteiger partial charge in [0.05, 0.1) is 17.8 Å². The number of oxime groups is 1. The molecular weight excluding hydrogens is 302 g/mol. The van der Waals surface area contributed by atoms with E-state index in [9.17, 15) is 0 Å². The molecule has 0 saturated heterocycles. The highest BCUT2D eigenvalue weighted by atomic mass is 35.5. The van der Waals surface area contributed by atoms with E-state index in [4.69, 9.17) is 26.3 Å². The van der Waals surface area contributed by atoms with Crippen molar-refractivity contribution in [2.75, 3.05) is 6.61 Å². The molecule has 2 rings (SSSR count). The summed E-state index contributed by atoms with van der Waals surface area (Å²) in [5, 5.41) is 12.1. The number of hydrogen-bond acceptors (Lipinski definition) is 4. The molecule has 116 valence electrons. The maximum atomic E-state index is 8.64. The Kier molecular flexibility index (Phi) is 5.67. The second-order valence-corrected chi connectivity index (χ2v) is 5.13. The van der Waals surface area contributed by atoms with Gasteiger partial charge in [0.15, 0.2) is 11.5 Å². The van der Waals surface area contributed by atoms with E-state index in [-0.39, 0.29) is 0 Å². The summed E-state index contributed by atoms with van der Waals surface area (Å²) in [6.45, 7) is 4.80. The second kappa shape index (κ2) is 7.71. The monoisotopic (exact) mass is 319 g/mol. The van der Waals surface area contributed by atoms with E-state index in [1.54, 1.807) is 12.1 Å². The van der Waals surface area contributed by atoms with Gasteiger partial charge in [-0.25, -0.2) is 0 Å². The van der Waals surface area contributed by atoms with Crippen molar-refractivity contribution in [3.05, 3.63) is 58.1 Å². The molecule has 0 saturated carbocycles. The fourth-order valence-corrected chi connectivity index (χ4v) is 2.33. The molecule has 0 aromatic heterocycles. The molecule has 2 aromatic rings. The zero-order chi connectivity index (χ0) is 15.9. The summed E-state index contributed by atoms with van der Waals surface area (Å²) in [6, 6.07) is 11.4. The molecule has 0 unspecified atom stereocenters. The Morgan fingerprint density at radius 1 is 1.23 bits per heavy atom. The molecule has 0 atom stereocenters. The molecule has 0 aliphatic rings. The van der Waals surface area contributed by atoms with Crippen molar-refractivity contribution < 1.29 is 14.7 Å². The lowest BCUT2D eigenvalue weighted by Crippen LogP contribution is -2.02. The number of nitrogens with zero attached hydrogens (tertiary/aromatic N) is 1. The molecule has 5 heteroatoms. The van der Waals surface area contributed by atoms with E-state index >= 15 is 0 Å². The SMILES string of the molecule is CCOc1cc(C=NO)cc(Cl)c1OCc1ccccc1C. The average molecular weight is 320 g/mol. The van der Waals surface area contributed by atoms with E-state index in [0.717, 1.165) is 11.1 Å². The standard InChI is InChI=1S/C17H18ClNO3/c1-3-21-16-9-13(10-19-20)8-15(18)17(16)22-11-14-7-5-4-6-12(14)2/h4-10,20H,3,11H2,1-2H3. The predicted octanol–water partition coefficient (Wildman–Crippen LogP) is 4.43. The first-order valence-electron chi connectivity index (χ1n) is 6.96. The van der Waals surface area contributed by atoms with Crippen LogP contribution >= 0.6 is 11.6 Å². The fraction of sp³-hybridized carbons (Fsp3) is 0.235. The minimum atomic E-state index is 0.403. The first-order chi connectivity index (χ1) is 10.7.